The Bertz CT molecular complexity index is 233. The Morgan fingerprint density at radius 2 is 2.33 bits per heavy atom. The number of aryl methyl sites for hydroxylation is 1. The van der Waals surface area contributed by atoms with Crippen molar-refractivity contribution in [2.24, 2.45) is 0 Å². The molecule has 0 aromatic carbocycles. The Morgan fingerprint density at radius 1 is 1.50 bits per heavy atom. The van der Waals surface area contributed by atoms with Crippen LogP contribution in [0.4, 0.5) is 5.69 Å². The fourth-order valence-electron chi connectivity index (χ4n) is 1.07. The van der Waals surface area contributed by atoms with Gasteiger partial charge in [-0.25, -0.2) is 0 Å². The van der Waals surface area contributed by atoms with E-state index in [1.165, 1.54) is 24.1 Å². The first kappa shape index (κ1) is 9.04. The lowest BCUT2D eigenvalue weighted by atomic mass is 10.2. The van der Waals surface area contributed by atoms with Gasteiger partial charge in [-0.05, 0) is 25.0 Å². The molecule has 66 valence electrons. The number of anilines is 1. The molecule has 0 spiro atoms. The van der Waals surface area contributed by atoms with Crippen molar-refractivity contribution >= 4 is 5.69 Å². The predicted molar refractivity (Wildman–Crippen MR) is 52.4 cm³/mol. The summed E-state index contributed by atoms with van der Waals surface area (Å²) in [6.45, 7) is 5.32. The quantitative estimate of drug-likeness (QED) is 0.692. The number of pyridine rings is 1. The summed E-state index contributed by atoms with van der Waals surface area (Å²) in [5, 5.41) is 3.37. The molecule has 0 aliphatic rings. The van der Waals surface area contributed by atoms with Crippen LogP contribution in [0, 0.1) is 6.92 Å². The average molecular weight is 164 g/mol. The van der Waals surface area contributed by atoms with Crippen molar-refractivity contribution in [3.8, 4) is 0 Å². The second kappa shape index (κ2) is 4.75. The fraction of sp³-hybridized carbons (Fsp3) is 0.500. The summed E-state index contributed by atoms with van der Waals surface area (Å²) in [7, 11) is 0. The van der Waals surface area contributed by atoms with Gasteiger partial charge in [0.2, 0.25) is 0 Å². The van der Waals surface area contributed by atoms with Crippen LogP contribution < -0.4 is 5.32 Å². The largest absolute Gasteiger partial charge is 0.385 e. The predicted octanol–water partition coefficient (Wildman–Crippen LogP) is 2.60. The highest BCUT2D eigenvalue weighted by molar-refractivity contribution is 5.48. The Labute approximate surface area is 74.0 Å². The van der Waals surface area contributed by atoms with Crippen molar-refractivity contribution in [3.05, 3.63) is 24.0 Å². The van der Waals surface area contributed by atoms with Crippen LogP contribution in [0.5, 0.6) is 0 Å². The van der Waals surface area contributed by atoms with Crippen molar-refractivity contribution in [2.45, 2.75) is 26.7 Å². The molecular formula is C10H16N2. The second-order valence-electron chi connectivity index (χ2n) is 2.97. The van der Waals surface area contributed by atoms with Crippen LogP contribution >= 0.6 is 0 Å². The van der Waals surface area contributed by atoms with Crippen LogP contribution in [0.1, 0.15) is 25.3 Å². The Kier molecular flexibility index (Phi) is 3.58. The SMILES string of the molecule is CCCCNc1ccncc1C. The van der Waals surface area contributed by atoms with E-state index >= 15 is 0 Å². The maximum Gasteiger partial charge on any atom is 0.0400 e. The van der Waals surface area contributed by atoms with Crippen LogP contribution in [0.15, 0.2) is 18.5 Å². The number of nitrogens with one attached hydrogen (secondary N) is 1. The van der Waals surface area contributed by atoms with Gasteiger partial charge in [0.1, 0.15) is 0 Å². The lowest BCUT2D eigenvalue weighted by Gasteiger charge is -2.07. The third kappa shape index (κ3) is 2.53. The molecule has 0 amide bonds. The van der Waals surface area contributed by atoms with Gasteiger partial charge in [-0.15, -0.1) is 0 Å². The van der Waals surface area contributed by atoms with E-state index in [9.17, 15) is 0 Å². The molecule has 0 aliphatic carbocycles. The number of hydrogen-bond acceptors (Lipinski definition) is 2. The zero-order valence-electron chi connectivity index (χ0n) is 7.80. The lowest BCUT2D eigenvalue weighted by Crippen LogP contribution is -2.02. The molecule has 12 heavy (non-hydrogen) atoms. The summed E-state index contributed by atoms with van der Waals surface area (Å²) < 4.78 is 0. The number of unbranched alkanes of at least 4 members (excludes halogenated alkanes) is 1. The van der Waals surface area contributed by atoms with Crippen molar-refractivity contribution in [1.82, 2.24) is 4.98 Å². The molecule has 0 fully saturated rings. The molecule has 0 aliphatic heterocycles. The Morgan fingerprint density at radius 3 is 3.00 bits per heavy atom. The Hall–Kier alpha value is -1.05. The van der Waals surface area contributed by atoms with Crippen LogP contribution in [-0.4, -0.2) is 11.5 Å². The standard InChI is InChI=1S/C10H16N2/c1-3-4-6-12-10-5-7-11-8-9(10)2/h5,7-8H,3-4,6H2,1-2H3,(H,11,12). The third-order valence-electron chi connectivity index (χ3n) is 1.87. The zero-order valence-corrected chi connectivity index (χ0v) is 7.80. The van der Waals surface area contributed by atoms with Crippen LogP contribution in [0.2, 0.25) is 0 Å². The number of rotatable bonds is 4. The van der Waals surface area contributed by atoms with Crippen molar-refractivity contribution in [1.29, 1.82) is 0 Å². The van der Waals surface area contributed by atoms with Crippen molar-refractivity contribution < 1.29 is 0 Å². The van der Waals surface area contributed by atoms with E-state index < -0.39 is 0 Å². The van der Waals surface area contributed by atoms with E-state index in [0.717, 1.165) is 6.54 Å². The van der Waals surface area contributed by atoms with E-state index in [2.05, 4.69) is 24.1 Å². The van der Waals surface area contributed by atoms with Gasteiger partial charge in [0.05, 0.1) is 0 Å². The summed E-state index contributed by atoms with van der Waals surface area (Å²) in [5.74, 6) is 0. The van der Waals surface area contributed by atoms with Gasteiger partial charge in [0.25, 0.3) is 0 Å². The van der Waals surface area contributed by atoms with Gasteiger partial charge < -0.3 is 5.32 Å². The molecule has 0 atom stereocenters. The molecule has 1 aromatic heterocycles. The van der Waals surface area contributed by atoms with Crippen LogP contribution in [0.3, 0.4) is 0 Å². The summed E-state index contributed by atoms with van der Waals surface area (Å²) in [5.41, 5.74) is 2.42. The van der Waals surface area contributed by atoms with E-state index in [-0.39, 0.29) is 0 Å². The first-order valence-electron chi connectivity index (χ1n) is 4.49. The van der Waals surface area contributed by atoms with E-state index in [4.69, 9.17) is 0 Å². The maximum absolute atomic E-state index is 4.03. The molecule has 1 aromatic rings. The minimum Gasteiger partial charge on any atom is -0.385 e. The number of nitrogens with zero attached hydrogens (tertiary/aromatic N) is 1. The molecular weight excluding hydrogens is 148 g/mol. The number of aromatic nitrogens is 1. The molecule has 2 heteroatoms. The molecule has 2 nitrogen and oxygen atoms in total. The topological polar surface area (TPSA) is 24.9 Å². The van der Waals surface area contributed by atoms with Crippen LogP contribution in [0.25, 0.3) is 0 Å². The summed E-state index contributed by atoms with van der Waals surface area (Å²) in [4.78, 5) is 4.03. The molecule has 1 rings (SSSR count). The van der Waals surface area contributed by atoms with E-state index in [1.54, 1.807) is 0 Å². The van der Waals surface area contributed by atoms with Crippen molar-refractivity contribution in [2.75, 3.05) is 11.9 Å². The summed E-state index contributed by atoms with van der Waals surface area (Å²) in [6.07, 6.45) is 6.16. The fourth-order valence-corrected chi connectivity index (χ4v) is 1.07. The lowest BCUT2D eigenvalue weighted by molar-refractivity contribution is 0.833. The summed E-state index contributed by atoms with van der Waals surface area (Å²) in [6, 6.07) is 2.02. The molecule has 0 unspecified atom stereocenters. The van der Waals surface area contributed by atoms with Gasteiger partial charge in [0.15, 0.2) is 0 Å². The zero-order chi connectivity index (χ0) is 8.81. The Balaban J connectivity index is 2.46. The van der Waals surface area contributed by atoms with Crippen molar-refractivity contribution in [3.63, 3.8) is 0 Å². The van der Waals surface area contributed by atoms with Crippen LogP contribution in [-0.2, 0) is 0 Å². The van der Waals surface area contributed by atoms with E-state index in [1.807, 2.05) is 18.5 Å². The molecule has 1 N–H and O–H groups in total. The number of hydrogen-bond donors (Lipinski definition) is 1. The molecule has 0 saturated carbocycles. The minimum absolute atomic E-state index is 1.06. The highest BCUT2D eigenvalue weighted by Crippen LogP contribution is 2.11. The van der Waals surface area contributed by atoms with E-state index in [0.29, 0.717) is 0 Å². The second-order valence-corrected chi connectivity index (χ2v) is 2.97. The first-order valence-corrected chi connectivity index (χ1v) is 4.49. The minimum atomic E-state index is 1.06. The average Bonchev–Trinajstić information content (AvgIpc) is 2.09. The monoisotopic (exact) mass is 164 g/mol. The highest BCUT2D eigenvalue weighted by atomic mass is 14.9. The molecule has 1 heterocycles. The smallest absolute Gasteiger partial charge is 0.0400 e. The van der Waals surface area contributed by atoms with Gasteiger partial charge >= 0.3 is 0 Å². The third-order valence-corrected chi connectivity index (χ3v) is 1.87. The van der Waals surface area contributed by atoms with Gasteiger partial charge in [-0.2, -0.15) is 0 Å². The summed E-state index contributed by atoms with van der Waals surface area (Å²) >= 11 is 0. The first-order chi connectivity index (χ1) is 5.84. The molecule has 0 bridgehead atoms. The molecule has 0 saturated heterocycles. The molecule has 0 radical (unpaired) electrons. The van der Waals surface area contributed by atoms with Gasteiger partial charge in [-0.3, -0.25) is 4.98 Å². The highest BCUT2D eigenvalue weighted by Gasteiger charge is 1.93. The van der Waals surface area contributed by atoms with Gasteiger partial charge in [0, 0.05) is 24.6 Å². The van der Waals surface area contributed by atoms with Gasteiger partial charge in [-0.1, -0.05) is 13.3 Å². The normalized spacial score (nSPS) is 9.83. The maximum atomic E-state index is 4.03.